The lowest BCUT2D eigenvalue weighted by atomic mass is 10.1. The fraction of sp³-hybridized carbons (Fsp3) is 0.0500. The number of nitrogens with zero attached hydrogens (tertiary/aromatic N) is 4. The summed E-state index contributed by atoms with van der Waals surface area (Å²) < 4.78 is 6.38. The first-order chi connectivity index (χ1) is 14.5. The van der Waals surface area contributed by atoms with Crippen LogP contribution in [0.5, 0.6) is 5.75 Å². The molecule has 0 atom stereocenters. The second kappa shape index (κ2) is 9.82. The van der Waals surface area contributed by atoms with Crippen molar-refractivity contribution in [3.05, 3.63) is 91.0 Å². The number of nitrogens with one attached hydrogen (secondary N) is 1. The van der Waals surface area contributed by atoms with E-state index in [2.05, 4.69) is 37.5 Å². The van der Waals surface area contributed by atoms with Crippen LogP contribution in [0, 0.1) is 21.4 Å². The molecule has 8 nitrogen and oxygen atoms in total. The van der Waals surface area contributed by atoms with Crippen LogP contribution in [-0.4, -0.2) is 16.1 Å². The highest BCUT2D eigenvalue weighted by Crippen LogP contribution is 2.35. The minimum Gasteiger partial charge on any atom is -0.486 e. The van der Waals surface area contributed by atoms with E-state index in [-0.39, 0.29) is 18.1 Å². The largest absolute Gasteiger partial charge is 0.486 e. The van der Waals surface area contributed by atoms with E-state index in [1.165, 1.54) is 24.5 Å². The molecule has 0 aliphatic rings. The molecule has 0 spiro atoms. The van der Waals surface area contributed by atoms with Gasteiger partial charge in [-0.05, 0) is 45.8 Å². The molecule has 0 aliphatic heterocycles. The lowest BCUT2D eigenvalue weighted by Gasteiger charge is -2.12. The van der Waals surface area contributed by atoms with Crippen LogP contribution in [0.4, 0.5) is 11.5 Å². The molecule has 0 bridgehead atoms. The number of pyridine rings is 1. The van der Waals surface area contributed by atoms with Gasteiger partial charge in [-0.15, -0.1) is 0 Å². The molecule has 0 fully saturated rings. The molecule has 1 N–H and O–H groups in total. The Labute approximate surface area is 185 Å². The molecule has 0 saturated carbocycles. The van der Waals surface area contributed by atoms with Gasteiger partial charge >= 0.3 is 5.69 Å². The normalized spacial score (nSPS) is 10.6. The summed E-state index contributed by atoms with van der Waals surface area (Å²) in [6, 6.07) is 15.4. The van der Waals surface area contributed by atoms with Crippen molar-refractivity contribution in [2.45, 2.75) is 6.61 Å². The zero-order chi connectivity index (χ0) is 21.5. The monoisotopic (exact) mass is 485 g/mol. The summed E-state index contributed by atoms with van der Waals surface area (Å²) >= 11 is 9.75. The van der Waals surface area contributed by atoms with E-state index in [1.807, 2.05) is 12.1 Å². The van der Waals surface area contributed by atoms with Gasteiger partial charge in [0.2, 0.25) is 5.82 Å². The molecule has 150 valence electrons. The highest BCUT2D eigenvalue weighted by molar-refractivity contribution is 9.10. The molecule has 0 aliphatic carbocycles. The average molecular weight is 487 g/mol. The van der Waals surface area contributed by atoms with Gasteiger partial charge in [-0.1, -0.05) is 29.8 Å². The molecule has 3 aromatic rings. The van der Waals surface area contributed by atoms with Crippen LogP contribution in [0.1, 0.15) is 16.7 Å². The van der Waals surface area contributed by atoms with Crippen molar-refractivity contribution < 1.29 is 9.66 Å². The van der Waals surface area contributed by atoms with Gasteiger partial charge in [-0.25, -0.2) is 4.98 Å². The van der Waals surface area contributed by atoms with Crippen LogP contribution in [0.3, 0.4) is 0 Å². The summed E-state index contributed by atoms with van der Waals surface area (Å²) in [7, 11) is 0. The van der Waals surface area contributed by atoms with Crippen molar-refractivity contribution in [3.8, 4) is 11.8 Å². The Hall–Kier alpha value is -3.48. The van der Waals surface area contributed by atoms with Gasteiger partial charge < -0.3 is 4.74 Å². The van der Waals surface area contributed by atoms with Crippen molar-refractivity contribution in [2.75, 3.05) is 5.43 Å². The maximum atomic E-state index is 11.0. The molecular formula is C20H13BrClN5O3. The second-order valence-electron chi connectivity index (χ2n) is 5.87. The molecule has 1 heterocycles. The van der Waals surface area contributed by atoms with Crippen LogP contribution < -0.4 is 10.2 Å². The summed E-state index contributed by atoms with van der Waals surface area (Å²) in [5.41, 5.74) is 4.27. The minimum absolute atomic E-state index is 0.0278. The minimum atomic E-state index is -0.547. The molecule has 1 aromatic heterocycles. The maximum absolute atomic E-state index is 11.0. The van der Waals surface area contributed by atoms with Gasteiger partial charge in [0.05, 0.1) is 32.3 Å². The van der Waals surface area contributed by atoms with Crippen molar-refractivity contribution in [1.29, 1.82) is 5.26 Å². The van der Waals surface area contributed by atoms with Crippen molar-refractivity contribution in [2.24, 2.45) is 5.10 Å². The van der Waals surface area contributed by atoms with Gasteiger partial charge in [0.25, 0.3) is 0 Å². The number of hydrogen-bond donors (Lipinski definition) is 1. The predicted octanol–water partition coefficient (Wildman–Crippen LogP) is 5.30. The quantitative estimate of drug-likeness (QED) is 0.275. The van der Waals surface area contributed by atoms with E-state index in [1.54, 1.807) is 24.3 Å². The zero-order valence-electron chi connectivity index (χ0n) is 15.3. The third-order valence-electron chi connectivity index (χ3n) is 3.90. The lowest BCUT2D eigenvalue weighted by molar-refractivity contribution is -0.384. The first-order valence-electron chi connectivity index (χ1n) is 8.48. The number of halogens is 2. The Morgan fingerprint density at radius 1 is 1.33 bits per heavy atom. The van der Waals surface area contributed by atoms with Crippen LogP contribution in [0.25, 0.3) is 0 Å². The molecule has 2 aromatic carbocycles. The van der Waals surface area contributed by atoms with Crippen LogP contribution in [0.15, 0.2) is 64.3 Å². The van der Waals surface area contributed by atoms with Crippen molar-refractivity contribution >= 4 is 45.3 Å². The highest BCUT2D eigenvalue weighted by atomic mass is 79.9. The molecule has 10 heteroatoms. The number of nitro groups is 1. The van der Waals surface area contributed by atoms with Gasteiger partial charge in [0, 0.05) is 17.8 Å². The summed E-state index contributed by atoms with van der Waals surface area (Å²) in [5, 5.41) is 24.5. The summed E-state index contributed by atoms with van der Waals surface area (Å²) in [6.07, 6.45) is 2.87. The zero-order valence-corrected chi connectivity index (χ0v) is 17.6. The van der Waals surface area contributed by atoms with E-state index in [0.29, 0.717) is 26.4 Å². The molecule has 0 saturated heterocycles. The number of ether oxygens (including phenoxy) is 1. The van der Waals surface area contributed by atoms with E-state index in [4.69, 9.17) is 16.3 Å². The lowest BCUT2D eigenvalue weighted by Crippen LogP contribution is -2.00. The Balaban J connectivity index is 1.73. The summed E-state index contributed by atoms with van der Waals surface area (Å²) in [6.45, 7) is 0.181. The molecule has 0 radical (unpaired) electrons. The third kappa shape index (κ3) is 5.11. The molecule has 3 rings (SSSR count). The number of hydrogen-bond acceptors (Lipinski definition) is 7. The maximum Gasteiger partial charge on any atom is 0.313 e. The van der Waals surface area contributed by atoms with Crippen LogP contribution in [-0.2, 0) is 6.61 Å². The summed E-state index contributed by atoms with van der Waals surface area (Å²) in [4.78, 5) is 14.4. The number of benzene rings is 2. The Morgan fingerprint density at radius 2 is 2.13 bits per heavy atom. The molecule has 30 heavy (non-hydrogen) atoms. The smallest absolute Gasteiger partial charge is 0.313 e. The Bertz CT molecular complexity index is 1140. The van der Waals surface area contributed by atoms with E-state index >= 15 is 0 Å². The van der Waals surface area contributed by atoms with Crippen molar-refractivity contribution in [3.63, 3.8) is 0 Å². The fourth-order valence-electron chi connectivity index (χ4n) is 2.50. The topological polar surface area (TPSA) is 113 Å². The fourth-order valence-corrected chi connectivity index (χ4v) is 3.48. The number of hydrazone groups is 1. The van der Waals surface area contributed by atoms with E-state index in [0.717, 1.165) is 5.56 Å². The SMILES string of the molecule is N#Cc1ccccc1COc1c(Cl)cc(/C=N\Nc2ncccc2[N+](=O)[O-])cc1Br. The molecule has 0 unspecified atom stereocenters. The summed E-state index contributed by atoms with van der Waals surface area (Å²) in [5.74, 6) is 0.454. The van der Waals surface area contributed by atoms with Gasteiger partial charge in [-0.2, -0.15) is 10.4 Å². The van der Waals surface area contributed by atoms with Gasteiger partial charge in [0.1, 0.15) is 6.61 Å². The molecule has 0 amide bonds. The average Bonchev–Trinajstić information content (AvgIpc) is 2.73. The first-order valence-corrected chi connectivity index (χ1v) is 9.65. The van der Waals surface area contributed by atoms with Crippen LogP contribution in [0.2, 0.25) is 5.02 Å². The van der Waals surface area contributed by atoms with Gasteiger partial charge in [0.15, 0.2) is 5.75 Å². The first kappa shape index (κ1) is 21.2. The predicted molar refractivity (Wildman–Crippen MR) is 117 cm³/mol. The second-order valence-corrected chi connectivity index (χ2v) is 7.13. The van der Waals surface area contributed by atoms with Crippen molar-refractivity contribution in [1.82, 2.24) is 4.98 Å². The van der Waals surface area contributed by atoms with E-state index < -0.39 is 4.92 Å². The molecular weight excluding hydrogens is 474 g/mol. The standard InChI is InChI=1S/C20H13BrClN5O3/c21-16-8-13(11-25-26-20-18(27(28)29)6-3-7-24-20)9-17(22)19(16)30-12-15-5-2-1-4-14(15)10-23/h1-9,11H,12H2,(H,24,26)/b25-11-. The third-order valence-corrected chi connectivity index (χ3v) is 4.77. The number of nitriles is 1. The van der Waals surface area contributed by atoms with Gasteiger partial charge in [-0.3, -0.25) is 15.5 Å². The number of aromatic nitrogens is 1. The number of rotatable bonds is 7. The Kier molecular flexibility index (Phi) is 6.95. The van der Waals surface area contributed by atoms with Crippen LogP contribution >= 0.6 is 27.5 Å². The number of anilines is 1. The Morgan fingerprint density at radius 3 is 2.87 bits per heavy atom. The highest BCUT2D eigenvalue weighted by Gasteiger charge is 2.13. The van der Waals surface area contributed by atoms with E-state index in [9.17, 15) is 15.4 Å².